The van der Waals surface area contributed by atoms with Gasteiger partial charge in [-0.05, 0) is 50.1 Å². The van der Waals surface area contributed by atoms with E-state index in [-0.39, 0.29) is 5.69 Å². The van der Waals surface area contributed by atoms with E-state index in [9.17, 15) is 14.0 Å². The van der Waals surface area contributed by atoms with Crippen LogP contribution < -0.4 is 5.32 Å². The summed E-state index contributed by atoms with van der Waals surface area (Å²) in [6.07, 6.45) is -1.04. The summed E-state index contributed by atoms with van der Waals surface area (Å²) in [5.74, 6) is -1.72. The Morgan fingerprint density at radius 3 is 2.48 bits per heavy atom. The monoisotopic (exact) mass is 315 g/mol. The quantitative estimate of drug-likeness (QED) is 0.877. The largest absolute Gasteiger partial charge is 0.449 e. The van der Waals surface area contributed by atoms with Gasteiger partial charge in [0.2, 0.25) is 0 Å². The Balaban J connectivity index is 2.05. The van der Waals surface area contributed by atoms with E-state index in [2.05, 4.69) is 5.32 Å². The molecule has 0 saturated heterocycles. The number of hydrogen-bond acceptors (Lipinski definition) is 3. The van der Waals surface area contributed by atoms with E-state index >= 15 is 0 Å². The van der Waals surface area contributed by atoms with E-state index in [0.717, 1.165) is 11.1 Å². The summed E-state index contributed by atoms with van der Waals surface area (Å²) >= 11 is 0. The van der Waals surface area contributed by atoms with Gasteiger partial charge in [-0.2, -0.15) is 0 Å². The second kappa shape index (κ2) is 7.05. The molecule has 0 aliphatic heterocycles. The van der Waals surface area contributed by atoms with E-state index in [1.54, 1.807) is 18.2 Å². The van der Waals surface area contributed by atoms with Gasteiger partial charge in [0.15, 0.2) is 6.10 Å². The Bertz CT molecular complexity index is 743. The maximum Gasteiger partial charge on any atom is 0.339 e. The molecule has 2 rings (SSSR count). The Morgan fingerprint density at radius 2 is 1.78 bits per heavy atom. The van der Waals surface area contributed by atoms with Crippen LogP contribution in [0, 0.1) is 19.7 Å². The van der Waals surface area contributed by atoms with Crippen molar-refractivity contribution in [3.05, 3.63) is 65.0 Å². The number of hydrogen-bond donors (Lipinski definition) is 1. The third-order valence-corrected chi connectivity index (χ3v) is 3.61. The highest BCUT2D eigenvalue weighted by Crippen LogP contribution is 2.16. The van der Waals surface area contributed by atoms with Crippen LogP contribution in [0.25, 0.3) is 0 Å². The molecule has 2 aromatic carbocycles. The molecule has 0 spiro atoms. The lowest BCUT2D eigenvalue weighted by Crippen LogP contribution is -2.30. The topological polar surface area (TPSA) is 55.4 Å². The first-order chi connectivity index (χ1) is 10.9. The summed E-state index contributed by atoms with van der Waals surface area (Å²) in [6, 6.07) is 11.1. The number of esters is 1. The number of halogens is 1. The maximum atomic E-state index is 13.5. The fourth-order valence-corrected chi connectivity index (χ4v) is 2.05. The van der Waals surface area contributed by atoms with Gasteiger partial charge in [-0.1, -0.05) is 24.3 Å². The summed E-state index contributed by atoms with van der Waals surface area (Å²) in [4.78, 5) is 24.2. The highest BCUT2D eigenvalue weighted by Gasteiger charge is 2.21. The zero-order valence-electron chi connectivity index (χ0n) is 13.2. The lowest BCUT2D eigenvalue weighted by Gasteiger charge is -2.15. The van der Waals surface area contributed by atoms with Crippen molar-refractivity contribution in [2.75, 3.05) is 5.32 Å². The minimum Gasteiger partial charge on any atom is -0.449 e. The Kier molecular flexibility index (Phi) is 5.11. The maximum absolute atomic E-state index is 13.5. The number of benzene rings is 2. The van der Waals surface area contributed by atoms with Crippen molar-refractivity contribution in [2.24, 2.45) is 0 Å². The zero-order valence-corrected chi connectivity index (χ0v) is 13.2. The molecule has 5 heteroatoms. The molecule has 0 heterocycles. The Labute approximate surface area is 134 Å². The van der Waals surface area contributed by atoms with Crippen molar-refractivity contribution in [1.29, 1.82) is 0 Å². The molecule has 0 saturated carbocycles. The number of ether oxygens (including phenoxy) is 1. The second-order valence-electron chi connectivity index (χ2n) is 5.26. The van der Waals surface area contributed by atoms with Crippen molar-refractivity contribution >= 4 is 17.6 Å². The molecule has 0 unspecified atom stereocenters. The second-order valence-corrected chi connectivity index (χ2v) is 5.26. The number of nitrogens with one attached hydrogen (secondary N) is 1. The predicted molar refractivity (Wildman–Crippen MR) is 85.8 cm³/mol. The molecule has 0 aliphatic carbocycles. The summed E-state index contributed by atoms with van der Waals surface area (Å²) < 4.78 is 18.7. The molecule has 2 aromatic rings. The minimum atomic E-state index is -1.04. The number of aryl methyl sites for hydroxylation is 1. The molecule has 1 amide bonds. The number of amides is 1. The van der Waals surface area contributed by atoms with Gasteiger partial charge < -0.3 is 10.1 Å². The van der Waals surface area contributed by atoms with E-state index in [1.165, 1.54) is 25.1 Å². The van der Waals surface area contributed by atoms with Crippen molar-refractivity contribution in [1.82, 2.24) is 0 Å². The first kappa shape index (κ1) is 16.7. The molecular weight excluding hydrogens is 297 g/mol. The van der Waals surface area contributed by atoms with E-state index in [4.69, 9.17) is 4.74 Å². The fourth-order valence-electron chi connectivity index (χ4n) is 2.05. The Hall–Kier alpha value is -2.69. The van der Waals surface area contributed by atoms with Crippen LogP contribution in [0.2, 0.25) is 0 Å². The van der Waals surface area contributed by atoms with Crippen molar-refractivity contribution in [3.8, 4) is 0 Å². The van der Waals surface area contributed by atoms with E-state index in [0.29, 0.717) is 5.56 Å². The average molecular weight is 315 g/mol. The highest BCUT2D eigenvalue weighted by atomic mass is 19.1. The Morgan fingerprint density at radius 1 is 1.09 bits per heavy atom. The molecular formula is C18H18FNO3. The van der Waals surface area contributed by atoms with Gasteiger partial charge in [0, 0.05) is 0 Å². The first-order valence-corrected chi connectivity index (χ1v) is 7.22. The van der Waals surface area contributed by atoms with Crippen LogP contribution in [0.1, 0.15) is 28.4 Å². The first-order valence-electron chi connectivity index (χ1n) is 7.22. The zero-order chi connectivity index (χ0) is 17.0. The average Bonchev–Trinajstić information content (AvgIpc) is 2.52. The molecule has 23 heavy (non-hydrogen) atoms. The van der Waals surface area contributed by atoms with Crippen LogP contribution in [-0.4, -0.2) is 18.0 Å². The molecule has 0 aromatic heterocycles. The highest BCUT2D eigenvalue weighted by molar-refractivity contribution is 5.98. The molecule has 120 valence electrons. The summed E-state index contributed by atoms with van der Waals surface area (Å²) in [5, 5.41) is 2.40. The van der Waals surface area contributed by atoms with E-state index < -0.39 is 23.8 Å². The third-order valence-electron chi connectivity index (χ3n) is 3.61. The lowest BCUT2D eigenvalue weighted by atomic mass is 10.0. The van der Waals surface area contributed by atoms with Crippen LogP contribution in [0.15, 0.2) is 42.5 Å². The SMILES string of the molecule is Cc1cccc(C(=O)O[C@H](C)C(=O)Nc2ccccc2F)c1C. The number of carbonyl (C=O) groups excluding carboxylic acids is 2. The minimum absolute atomic E-state index is 0.0483. The summed E-state index contributed by atoms with van der Waals surface area (Å²) in [5.41, 5.74) is 2.23. The van der Waals surface area contributed by atoms with Gasteiger partial charge in [0.25, 0.3) is 5.91 Å². The lowest BCUT2D eigenvalue weighted by molar-refractivity contribution is -0.123. The smallest absolute Gasteiger partial charge is 0.339 e. The molecule has 0 fully saturated rings. The normalized spacial score (nSPS) is 11.7. The van der Waals surface area contributed by atoms with Gasteiger partial charge in [0.05, 0.1) is 11.3 Å². The third kappa shape index (κ3) is 3.94. The van der Waals surface area contributed by atoms with Crippen molar-refractivity contribution < 1.29 is 18.7 Å². The molecule has 0 radical (unpaired) electrons. The van der Waals surface area contributed by atoms with Crippen LogP contribution in [0.3, 0.4) is 0 Å². The van der Waals surface area contributed by atoms with Gasteiger partial charge >= 0.3 is 5.97 Å². The standard InChI is InChI=1S/C18H18FNO3/c1-11-7-6-8-14(12(11)2)18(22)23-13(3)17(21)20-16-10-5-4-9-15(16)19/h4-10,13H,1-3H3,(H,20,21)/t13-/m1/s1. The molecule has 0 aliphatic rings. The van der Waals surface area contributed by atoms with Gasteiger partial charge in [0.1, 0.15) is 5.82 Å². The molecule has 1 N–H and O–H groups in total. The summed E-state index contributed by atoms with van der Waals surface area (Å²) in [7, 11) is 0. The van der Waals surface area contributed by atoms with Crippen molar-refractivity contribution in [2.45, 2.75) is 26.9 Å². The summed E-state index contributed by atoms with van der Waals surface area (Å²) in [6.45, 7) is 5.15. The van der Waals surface area contributed by atoms with Crippen molar-refractivity contribution in [3.63, 3.8) is 0 Å². The van der Waals surface area contributed by atoms with E-state index in [1.807, 2.05) is 19.9 Å². The predicted octanol–water partition coefficient (Wildman–Crippen LogP) is 3.63. The molecule has 1 atom stereocenters. The van der Waals surface area contributed by atoms with Crippen LogP contribution in [0.4, 0.5) is 10.1 Å². The molecule has 4 nitrogen and oxygen atoms in total. The number of carbonyl (C=O) groups is 2. The van der Waals surface area contributed by atoms with Gasteiger partial charge in [-0.25, -0.2) is 9.18 Å². The number of para-hydroxylation sites is 1. The molecule has 0 bridgehead atoms. The fraction of sp³-hybridized carbons (Fsp3) is 0.222. The van der Waals surface area contributed by atoms with Gasteiger partial charge in [-0.3, -0.25) is 4.79 Å². The van der Waals surface area contributed by atoms with Crippen LogP contribution in [0.5, 0.6) is 0 Å². The van der Waals surface area contributed by atoms with Crippen LogP contribution in [-0.2, 0) is 9.53 Å². The number of rotatable bonds is 4. The van der Waals surface area contributed by atoms with Crippen LogP contribution >= 0.6 is 0 Å². The van der Waals surface area contributed by atoms with Gasteiger partial charge in [-0.15, -0.1) is 0 Å². The number of anilines is 1.